The Morgan fingerprint density at radius 2 is 2.40 bits per heavy atom. The van der Waals surface area contributed by atoms with Crippen molar-refractivity contribution in [2.24, 2.45) is 5.18 Å². The van der Waals surface area contributed by atoms with Crippen LogP contribution in [0.4, 0.5) is 5.69 Å². The van der Waals surface area contributed by atoms with Gasteiger partial charge in [0.2, 0.25) is 5.88 Å². The number of nitroso groups, excluding NO2 is 1. The molecule has 0 bridgehead atoms. The van der Waals surface area contributed by atoms with Crippen molar-refractivity contribution in [3.05, 3.63) is 21.6 Å². The minimum absolute atomic E-state index is 0.0608. The predicted molar refractivity (Wildman–Crippen MR) is 39.1 cm³/mol. The summed E-state index contributed by atoms with van der Waals surface area (Å²) in [4.78, 5) is 13.4. The van der Waals surface area contributed by atoms with E-state index < -0.39 is 0 Å². The van der Waals surface area contributed by atoms with E-state index in [1.807, 2.05) is 0 Å². The largest absolute Gasteiger partial charge is 0.492 e. The van der Waals surface area contributed by atoms with Gasteiger partial charge in [-0.1, -0.05) is 0 Å². The van der Waals surface area contributed by atoms with Crippen LogP contribution in [-0.2, 0) is 0 Å². The zero-order valence-electron chi connectivity index (χ0n) is 4.78. The van der Waals surface area contributed by atoms with Gasteiger partial charge in [-0.25, -0.2) is 4.98 Å². The fraction of sp³-hybridized carbons (Fsp3) is 0. The van der Waals surface area contributed by atoms with E-state index in [1.165, 1.54) is 12.3 Å². The minimum Gasteiger partial charge on any atom is -0.492 e. The summed E-state index contributed by atoms with van der Waals surface area (Å²) in [6.45, 7) is 0. The highest BCUT2D eigenvalue weighted by molar-refractivity contribution is 9.10. The molecule has 0 aromatic carbocycles. The first-order valence-corrected chi connectivity index (χ1v) is 3.21. The Bertz CT molecular complexity index is 264. The van der Waals surface area contributed by atoms with Crippen molar-refractivity contribution in [1.29, 1.82) is 0 Å². The van der Waals surface area contributed by atoms with E-state index in [0.717, 1.165) is 0 Å². The molecule has 0 saturated carbocycles. The highest BCUT2D eigenvalue weighted by Crippen LogP contribution is 2.25. The SMILES string of the molecule is O=Nc1cc(Br)cnc1O. The summed E-state index contributed by atoms with van der Waals surface area (Å²) < 4.78 is 0.611. The van der Waals surface area contributed by atoms with Gasteiger partial charge < -0.3 is 5.11 Å². The molecule has 52 valence electrons. The smallest absolute Gasteiger partial charge is 0.241 e. The lowest BCUT2D eigenvalue weighted by atomic mass is 10.4. The van der Waals surface area contributed by atoms with Gasteiger partial charge in [-0.3, -0.25) is 0 Å². The number of hydrogen-bond donors (Lipinski definition) is 1. The number of nitrogens with zero attached hydrogens (tertiary/aromatic N) is 2. The Hall–Kier alpha value is -0.970. The minimum atomic E-state index is -0.349. The van der Waals surface area contributed by atoms with Crippen LogP contribution in [0.25, 0.3) is 0 Å². The molecule has 0 atom stereocenters. The van der Waals surface area contributed by atoms with Crippen LogP contribution in [0.3, 0.4) is 0 Å². The molecule has 1 heterocycles. The number of rotatable bonds is 1. The van der Waals surface area contributed by atoms with Crippen molar-refractivity contribution >= 4 is 21.6 Å². The number of aromatic nitrogens is 1. The van der Waals surface area contributed by atoms with Gasteiger partial charge in [0.1, 0.15) is 0 Å². The van der Waals surface area contributed by atoms with E-state index in [9.17, 15) is 4.91 Å². The second kappa shape index (κ2) is 2.74. The highest BCUT2D eigenvalue weighted by atomic mass is 79.9. The second-order valence-corrected chi connectivity index (χ2v) is 2.50. The molecule has 4 nitrogen and oxygen atoms in total. The Morgan fingerprint density at radius 1 is 1.70 bits per heavy atom. The predicted octanol–water partition coefficient (Wildman–Crippen LogP) is 1.95. The van der Waals surface area contributed by atoms with E-state index in [2.05, 4.69) is 26.1 Å². The summed E-state index contributed by atoms with van der Waals surface area (Å²) in [7, 11) is 0. The molecular formula is C5H3BrN2O2. The fourth-order valence-corrected chi connectivity index (χ4v) is 0.808. The number of aromatic hydroxyl groups is 1. The molecule has 0 aliphatic heterocycles. The Labute approximate surface area is 65.0 Å². The lowest BCUT2D eigenvalue weighted by molar-refractivity contribution is 0.455. The molecule has 0 saturated heterocycles. The topological polar surface area (TPSA) is 62.5 Å². The quantitative estimate of drug-likeness (QED) is 0.709. The molecule has 0 fully saturated rings. The van der Waals surface area contributed by atoms with Gasteiger partial charge in [0, 0.05) is 10.7 Å². The summed E-state index contributed by atoms with van der Waals surface area (Å²) in [5, 5.41) is 11.3. The van der Waals surface area contributed by atoms with Gasteiger partial charge >= 0.3 is 0 Å². The van der Waals surface area contributed by atoms with Crippen LogP contribution in [-0.4, -0.2) is 10.1 Å². The lowest BCUT2D eigenvalue weighted by Crippen LogP contribution is -1.73. The van der Waals surface area contributed by atoms with Crippen LogP contribution in [0, 0.1) is 4.91 Å². The average Bonchev–Trinajstić information content (AvgIpc) is 1.94. The molecule has 10 heavy (non-hydrogen) atoms. The van der Waals surface area contributed by atoms with Crippen molar-refractivity contribution in [2.75, 3.05) is 0 Å². The summed E-state index contributed by atoms with van der Waals surface area (Å²) in [5.41, 5.74) is -0.0608. The molecule has 0 aliphatic carbocycles. The first-order valence-electron chi connectivity index (χ1n) is 2.42. The van der Waals surface area contributed by atoms with Crippen molar-refractivity contribution in [2.45, 2.75) is 0 Å². The lowest BCUT2D eigenvalue weighted by Gasteiger charge is -1.92. The fourth-order valence-electron chi connectivity index (χ4n) is 0.489. The standard InChI is InChI=1S/C5H3BrN2O2/c6-3-1-4(8-10)5(9)7-2-3/h1-2H,(H,7,9). The molecule has 1 rings (SSSR count). The maximum atomic E-state index is 9.91. The average molecular weight is 203 g/mol. The normalized spacial score (nSPS) is 9.30. The Morgan fingerprint density at radius 3 is 2.90 bits per heavy atom. The molecule has 1 aromatic heterocycles. The highest BCUT2D eigenvalue weighted by Gasteiger charge is 2.01. The maximum Gasteiger partial charge on any atom is 0.241 e. The molecule has 0 spiro atoms. The monoisotopic (exact) mass is 202 g/mol. The Balaban J connectivity index is 3.21. The third kappa shape index (κ3) is 1.30. The molecule has 0 aliphatic rings. The molecule has 0 unspecified atom stereocenters. The van der Waals surface area contributed by atoms with E-state index in [4.69, 9.17) is 5.11 Å². The van der Waals surface area contributed by atoms with Crippen LogP contribution in [0.1, 0.15) is 0 Å². The molecule has 1 aromatic rings. The first-order chi connectivity index (χ1) is 4.74. The third-order valence-corrected chi connectivity index (χ3v) is 1.35. The molecule has 1 N–H and O–H groups in total. The summed E-state index contributed by atoms with van der Waals surface area (Å²) in [6.07, 6.45) is 1.38. The molecule has 0 radical (unpaired) electrons. The molecule has 0 amide bonds. The van der Waals surface area contributed by atoms with Gasteiger partial charge in [0.25, 0.3) is 0 Å². The summed E-state index contributed by atoms with van der Waals surface area (Å²) in [5.74, 6) is -0.349. The number of hydrogen-bond acceptors (Lipinski definition) is 4. The van der Waals surface area contributed by atoms with Crippen LogP contribution in [0.5, 0.6) is 5.88 Å². The van der Waals surface area contributed by atoms with Gasteiger partial charge in [-0.05, 0) is 27.2 Å². The van der Waals surface area contributed by atoms with Crippen molar-refractivity contribution in [3.63, 3.8) is 0 Å². The van der Waals surface area contributed by atoms with Gasteiger partial charge in [-0.2, -0.15) is 0 Å². The number of halogens is 1. The van der Waals surface area contributed by atoms with Gasteiger partial charge in [-0.15, -0.1) is 4.91 Å². The molecular weight excluding hydrogens is 200 g/mol. The zero-order chi connectivity index (χ0) is 7.56. The van der Waals surface area contributed by atoms with E-state index in [0.29, 0.717) is 4.47 Å². The summed E-state index contributed by atoms with van der Waals surface area (Å²) >= 11 is 3.06. The first kappa shape index (κ1) is 7.14. The van der Waals surface area contributed by atoms with Crippen LogP contribution in [0.15, 0.2) is 21.9 Å². The van der Waals surface area contributed by atoms with Crippen molar-refractivity contribution < 1.29 is 5.11 Å². The second-order valence-electron chi connectivity index (χ2n) is 1.59. The van der Waals surface area contributed by atoms with E-state index in [-0.39, 0.29) is 11.6 Å². The van der Waals surface area contributed by atoms with Crippen molar-refractivity contribution in [3.8, 4) is 5.88 Å². The van der Waals surface area contributed by atoms with Crippen LogP contribution in [0.2, 0.25) is 0 Å². The maximum absolute atomic E-state index is 9.91. The van der Waals surface area contributed by atoms with Gasteiger partial charge in [0.15, 0.2) is 5.69 Å². The zero-order valence-corrected chi connectivity index (χ0v) is 6.37. The summed E-state index contributed by atoms with van der Waals surface area (Å²) in [6, 6.07) is 1.38. The van der Waals surface area contributed by atoms with Crippen LogP contribution < -0.4 is 0 Å². The Kier molecular flexibility index (Phi) is 1.96. The van der Waals surface area contributed by atoms with E-state index in [1.54, 1.807) is 0 Å². The van der Waals surface area contributed by atoms with Crippen molar-refractivity contribution in [1.82, 2.24) is 4.98 Å². The van der Waals surface area contributed by atoms with E-state index >= 15 is 0 Å². The van der Waals surface area contributed by atoms with Gasteiger partial charge in [0.05, 0.1) is 0 Å². The third-order valence-electron chi connectivity index (χ3n) is 0.912. The molecule has 5 heteroatoms. The number of pyridine rings is 1. The van der Waals surface area contributed by atoms with Crippen LogP contribution >= 0.6 is 15.9 Å².